The van der Waals surface area contributed by atoms with E-state index in [2.05, 4.69) is 24.4 Å². The van der Waals surface area contributed by atoms with Gasteiger partial charge >= 0.3 is 0 Å². The lowest BCUT2D eigenvalue weighted by Crippen LogP contribution is -2.14. The molecule has 4 nitrogen and oxygen atoms in total. The van der Waals surface area contributed by atoms with Crippen LogP contribution in [0.3, 0.4) is 0 Å². The molecule has 2 aromatic rings. The maximum Gasteiger partial charge on any atom is 0.123 e. The van der Waals surface area contributed by atoms with E-state index in [4.69, 9.17) is 9.47 Å². The van der Waals surface area contributed by atoms with Crippen LogP contribution in [0.2, 0.25) is 0 Å². The average molecular weight is 350 g/mol. The zero-order valence-electron chi connectivity index (χ0n) is 14.0. The van der Waals surface area contributed by atoms with E-state index in [9.17, 15) is 5.11 Å². The van der Waals surface area contributed by atoms with Crippen LogP contribution >= 0.6 is 12.4 Å². The zero-order chi connectivity index (χ0) is 16.2. The standard InChI is InChI=1S/C19H23NO3.ClH/c1-13-7-16-8-18(22-2)17(9-19(16)23-13)11-20-10-14-5-3-4-6-15(14)12-21;/h3-6,8-9,13,20-21H,7,10-12H2,1-2H3;1H. The highest BCUT2D eigenvalue weighted by Crippen LogP contribution is 2.34. The summed E-state index contributed by atoms with van der Waals surface area (Å²) in [6.07, 6.45) is 1.16. The lowest BCUT2D eigenvalue weighted by molar-refractivity contribution is 0.254. The van der Waals surface area contributed by atoms with Crippen LogP contribution in [-0.4, -0.2) is 18.3 Å². The first kappa shape index (κ1) is 18.6. The molecular formula is C19H24ClNO3. The first-order chi connectivity index (χ1) is 11.2. The van der Waals surface area contributed by atoms with Crippen molar-refractivity contribution in [2.45, 2.75) is 39.1 Å². The van der Waals surface area contributed by atoms with Gasteiger partial charge in [0.25, 0.3) is 0 Å². The van der Waals surface area contributed by atoms with Crippen LogP contribution in [0.15, 0.2) is 36.4 Å². The molecule has 3 rings (SSSR count). The second-order valence-electron chi connectivity index (χ2n) is 5.93. The molecule has 0 aromatic heterocycles. The van der Waals surface area contributed by atoms with Gasteiger partial charge in [-0.3, -0.25) is 0 Å². The monoisotopic (exact) mass is 349 g/mol. The molecule has 0 fully saturated rings. The molecule has 0 spiro atoms. The molecule has 24 heavy (non-hydrogen) atoms. The molecule has 2 aromatic carbocycles. The highest BCUT2D eigenvalue weighted by atomic mass is 35.5. The molecule has 0 bridgehead atoms. The maximum absolute atomic E-state index is 9.38. The number of methoxy groups -OCH3 is 1. The fourth-order valence-electron chi connectivity index (χ4n) is 3.03. The fourth-order valence-corrected chi connectivity index (χ4v) is 3.03. The van der Waals surface area contributed by atoms with Gasteiger partial charge in [-0.05, 0) is 30.2 Å². The van der Waals surface area contributed by atoms with E-state index in [0.717, 1.165) is 34.6 Å². The summed E-state index contributed by atoms with van der Waals surface area (Å²) < 4.78 is 11.3. The summed E-state index contributed by atoms with van der Waals surface area (Å²) in [5, 5.41) is 12.8. The van der Waals surface area contributed by atoms with Gasteiger partial charge < -0.3 is 19.9 Å². The number of aliphatic hydroxyl groups excluding tert-OH is 1. The van der Waals surface area contributed by atoms with Crippen LogP contribution < -0.4 is 14.8 Å². The van der Waals surface area contributed by atoms with Gasteiger partial charge in [0.1, 0.15) is 17.6 Å². The van der Waals surface area contributed by atoms with E-state index in [-0.39, 0.29) is 25.1 Å². The summed E-state index contributed by atoms with van der Waals surface area (Å²) >= 11 is 0. The van der Waals surface area contributed by atoms with E-state index < -0.39 is 0 Å². The van der Waals surface area contributed by atoms with Gasteiger partial charge in [0.15, 0.2) is 0 Å². The van der Waals surface area contributed by atoms with Crippen molar-refractivity contribution in [3.8, 4) is 11.5 Å². The van der Waals surface area contributed by atoms with Gasteiger partial charge in [-0.25, -0.2) is 0 Å². The smallest absolute Gasteiger partial charge is 0.123 e. The quantitative estimate of drug-likeness (QED) is 0.840. The molecule has 1 aliphatic heterocycles. The number of aliphatic hydroxyl groups is 1. The molecule has 5 heteroatoms. The van der Waals surface area contributed by atoms with Gasteiger partial charge in [0.2, 0.25) is 0 Å². The van der Waals surface area contributed by atoms with Crippen LogP contribution in [-0.2, 0) is 26.1 Å². The first-order valence-electron chi connectivity index (χ1n) is 7.96. The molecule has 0 saturated heterocycles. The van der Waals surface area contributed by atoms with Crippen LogP contribution in [0, 0.1) is 0 Å². The normalized spacial score (nSPS) is 15.4. The summed E-state index contributed by atoms with van der Waals surface area (Å²) in [5.41, 5.74) is 4.36. The van der Waals surface area contributed by atoms with Gasteiger partial charge in [0, 0.05) is 30.6 Å². The lowest BCUT2D eigenvalue weighted by Gasteiger charge is -2.13. The highest BCUT2D eigenvalue weighted by Gasteiger charge is 2.21. The van der Waals surface area contributed by atoms with Crippen molar-refractivity contribution in [3.05, 3.63) is 58.7 Å². The minimum absolute atomic E-state index is 0. The first-order valence-corrected chi connectivity index (χ1v) is 7.96. The Morgan fingerprint density at radius 1 is 1.17 bits per heavy atom. The topological polar surface area (TPSA) is 50.7 Å². The van der Waals surface area contributed by atoms with Gasteiger partial charge in [-0.1, -0.05) is 24.3 Å². The maximum atomic E-state index is 9.38. The van der Waals surface area contributed by atoms with Crippen molar-refractivity contribution in [2.75, 3.05) is 7.11 Å². The Morgan fingerprint density at radius 3 is 2.58 bits per heavy atom. The number of rotatable bonds is 6. The Hall–Kier alpha value is -1.75. The van der Waals surface area contributed by atoms with E-state index in [0.29, 0.717) is 13.1 Å². The summed E-state index contributed by atoms with van der Waals surface area (Å²) in [7, 11) is 1.70. The van der Waals surface area contributed by atoms with Crippen molar-refractivity contribution in [3.63, 3.8) is 0 Å². The van der Waals surface area contributed by atoms with Gasteiger partial charge in [-0.2, -0.15) is 0 Å². The predicted octanol–water partition coefficient (Wildman–Crippen LogP) is 3.22. The third kappa shape index (κ3) is 4.01. The van der Waals surface area contributed by atoms with Crippen molar-refractivity contribution in [1.29, 1.82) is 0 Å². The number of hydrogen-bond acceptors (Lipinski definition) is 4. The van der Waals surface area contributed by atoms with E-state index >= 15 is 0 Å². The minimum atomic E-state index is 0. The van der Waals surface area contributed by atoms with Crippen LogP contribution in [0.4, 0.5) is 0 Å². The molecule has 1 aliphatic rings. The third-order valence-electron chi connectivity index (χ3n) is 4.22. The Balaban J connectivity index is 0.00000208. The average Bonchev–Trinajstić information content (AvgIpc) is 2.93. The molecule has 130 valence electrons. The van der Waals surface area contributed by atoms with Crippen LogP contribution in [0.1, 0.15) is 29.2 Å². The summed E-state index contributed by atoms with van der Waals surface area (Å²) in [6.45, 7) is 3.53. The molecule has 1 heterocycles. The minimum Gasteiger partial charge on any atom is -0.496 e. The van der Waals surface area contributed by atoms with Crippen molar-refractivity contribution < 1.29 is 14.6 Å². The molecule has 1 atom stereocenters. The summed E-state index contributed by atoms with van der Waals surface area (Å²) in [6, 6.07) is 12.1. The molecule has 0 saturated carbocycles. The molecular weight excluding hydrogens is 326 g/mol. The van der Waals surface area contributed by atoms with Crippen molar-refractivity contribution in [1.82, 2.24) is 5.32 Å². The van der Waals surface area contributed by atoms with Crippen LogP contribution in [0.5, 0.6) is 11.5 Å². The molecule has 1 unspecified atom stereocenters. The second kappa shape index (κ2) is 8.38. The molecule has 0 aliphatic carbocycles. The number of nitrogens with one attached hydrogen (secondary N) is 1. The Bertz CT molecular complexity index is 690. The lowest BCUT2D eigenvalue weighted by atomic mass is 10.1. The Morgan fingerprint density at radius 2 is 1.88 bits per heavy atom. The molecule has 0 radical (unpaired) electrons. The van der Waals surface area contributed by atoms with Gasteiger partial charge in [0.05, 0.1) is 13.7 Å². The van der Waals surface area contributed by atoms with E-state index in [1.165, 1.54) is 5.56 Å². The van der Waals surface area contributed by atoms with E-state index in [1.54, 1.807) is 7.11 Å². The number of hydrogen-bond donors (Lipinski definition) is 2. The number of fused-ring (bicyclic) bond motifs is 1. The number of halogens is 1. The summed E-state index contributed by atoms with van der Waals surface area (Å²) in [5.74, 6) is 1.86. The number of ether oxygens (including phenoxy) is 2. The molecule has 0 amide bonds. The van der Waals surface area contributed by atoms with Crippen molar-refractivity contribution in [2.24, 2.45) is 0 Å². The summed E-state index contributed by atoms with van der Waals surface area (Å²) in [4.78, 5) is 0. The number of benzene rings is 2. The van der Waals surface area contributed by atoms with E-state index in [1.807, 2.05) is 24.3 Å². The zero-order valence-corrected chi connectivity index (χ0v) is 14.9. The third-order valence-corrected chi connectivity index (χ3v) is 4.22. The van der Waals surface area contributed by atoms with Crippen LogP contribution in [0.25, 0.3) is 0 Å². The largest absolute Gasteiger partial charge is 0.496 e. The highest BCUT2D eigenvalue weighted by molar-refractivity contribution is 5.85. The van der Waals surface area contributed by atoms with Crippen molar-refractivity contribution >= 4 is 12.4 Å². The Labute approximate surface area is 149 Å². The predicted molar refractivity (Wildman–Crippen MR) is 96.9 cm³/mol. The SMILES string of the molecule is COc1cc2c(cc1CNCc1ccccc1CO)OC(C)C2.Cl. The van der Waals surface area contributed by atoms with Gasteiger partial charge in [-0.15, -0.1) is 12.4 Å². The molecule has 2 N–H and O–H groups in total. The fraction of sp³-hybridized carbons (Fsp3) is 0.368. The Kier molecular flexibility index (Phi) is 6.49. The second-order valence-corrected chi connectivity index (χ2v) is 5.93.